The second kappa shape index (κ2) is 4.91. The lowest BCUT2D eigenvalue weighted by Gasteiger charge is -2.05. The van der Waals surface area contributed by atoms with Gasteiger partial charge in [0.1, 0.15) is 5.52 Å². The molecular formula is C13H10N3O2S-. The third-order valence-corrected chi connectivity index (χ3v) is 3.38. The van der Waals surface area contributed by atoms with Crippen LogP contribution in [-0.4, -0.2) is 23.7 Å². The first-order valence-electron chi connectivity index (χ1n) is 5.67. The van der Waals surface area contributed by atoms with E-state index in [1.165, 1.54) is 0 Å². The van der Waals surface area contributed by atoms with E-state index in [1.54, 1.807) is 24.5 Å². The topological polar surface area (TPSA) is 81.7 Å². The van der Waals surface area contributed by atoms with E-state index in [4.69, 9.17) is 0 Å². The van der Waals surface area contributed by atoms with Crippen LogP contribution in [0, 0.1) is 0 Å². The number of aromatic amines is 1. The van der Waals surface area contributed by atoms with Crippen LogP contribution in [0.1, 0.15) is 5.56 Å². The fraction of sp³-hybridized carbons (Fsp3) is 0.0769. The highest BCUT2D eigenvalue weighted by Crippen LogP contribution is 2.22. The van der Waals surface area contributed by atoms with Crippen molar-refractivity contribution in [2.75, 3.05) is 0 Å². The average molecular weight is 272 g/mol. The lowest BCUT2D eigenvalue weighted by Crippen LogP contribution is -1.92. The molecule has 1 aromatic carbocycles. The number of fused-ring (bicyclic) bond motifs is 1. The van der Waals surface area contributed by atoms with Gasteiger partial charge in [-0.3, -0.25) is 9.19 Å². The first-order chi connectivity index (χ1) is 9.22. The molecule has 0 fully saturated rings. The zero-order valence-electron chi connectivity index (χ0n) is 9.87. The molecule has 0 spiro atoms. The molecule has 3 rings (SSSR count). The summed E-state index contributed by atoms with van der Waals surface area (Å²) in [6.45, 7) is 0. The third-order valence-electron chi connectivity index (χ3n) is 2.81. The maximum Gasteiger partial charge on any atom is 0.156 e. The van der Waals surface area contributed by atoms with Crippen LogP contribution < -0.4 is 0 Å². The summed E-state index contributed by atoms with van der Waals surface area (Å²) < 4.78 is 21.2. The molecule has 0 aliphatic rings. The third kappa shape index (κ3) is 2.54. The molecule has 0 aliphatic carbocycles. The van der Waals surface area contributed by atoms with E-state index in [0.29, 0.717) is 0 Å². The van der Waals surface area contributed by atoms with Gasteiger partial charge >= 0.3 is 0 Å². The van der Waals surface area contributed by atoms with Crippen LogP contribution in [0.15, 0.2) is 42.7 Å². The maximum absolute atomic E-state index is 10.6. The standard InChI is InChI=1S/C13H11N3O2S/c17-19(18)8-9-1-3-10(4-2-9)11-7-12-13(16-11)15-6-5-14-12/h1-7H,8H2,(H,15,16)(H,17,18)/p-1. The van der Waals surface area contributed by atoms with Gasteiger partial charge in [-0.15, -0.1) is 0 Å². The molecule has 2 aromatic heterocycles. The van der Waals surface area contributed by atoms with Gasteiger partial charge in [-0.1, -0.05) is 35.3 Å². The van der Waals surface area contributed by atoms with Crippen molar-refractivity contribution in [2.45, 2.75) is 5.75 Å². The van der Waals surface area contributed by atoms with Crippen molar-refractivity contribution in [3.05, 3.63) is 48.3 Å². The summed E-state index contributed by atoms with van der Waals surface area (Å²) in [5, 5.41) is 0. The minimum Gasteiger partial charge on any atom is -0.772 e. The monoisotopic (exact) mass is 272 g/mol. The fourth-order valence-electron chi connectivity index (χ4n) is 1.92. The van der Waals surface area contributed by atoms with Crippen molar-refractivity contribution >= 4 is 22.2 Å². The van der Waals surface area contributed by atoms with Gasteiger partial charge < -0.3 is 9.54 Å². The van der Waals surface area contributed by atoms with Crippen molar-refractivity contribution < 1.29 is 8.76 Å². The van der Waals surface area contributed by atoms with E-state index in [2.05, 4.69) is 15.0 Å². The number of H-pyrrole nitrogens is 1. The van der Waals surface area contributed by atoms with Crippen molar-refractivity contribution in [2.24, 2.45) is 0 Å². The van der Waals surface area contributed by atoms with Gasteiger partial charge in [-0.2, -0.15) is 0 Å². The summed E-state index contributed by atoms with van der Waals surface area (Å²) in [7, 11) is 0. The van der Waals surface area contributed by atoms with E-state index >= 15 is 0 Å². The van der Waals surface area contributed by atoms with Crippen LogP contribution in [-0.2, 0) is 16.8 Å². The largest absolute Gasteiger partial charge is 0.772 e. The molecule has 2 heterocycles. The molecule has 1 N–H and O–H groups in total. The van der Waals surface area contributed by atoms with Gasteiger partial charge in [0.25, 0.3) is 0 Å². The maximum atomic E-state index is 10.6. The predicted molar refractivity (Wildman–Crippen MR) is 71.9 cm³/mol. The number of hydrogen-bond donors (Lipinski definition) is 1. The molecule has 96 valence electrons. The summed E-state index contributed by atoms with van der Waals surface area (Å²) in [4.78, 5) is 11.6. The Hall–Kier alpha value is -2.05. The van der Waals surface area contributed by atoms with E-state index in [0.717, 1.165) is 28.0 Å². The van der Waals surface area contributed by atoms with Gasteiger partial charge in [0.2, 0.25) is 0 Å². The number of hydrogen-bond acceptors (Lipinski definition) is 4. The molecule has 3 aromatic rings. The summed E-state index contributed by atoms with van der Waals surface area (Å²) in [6.07, 6.45) is 3.28. The fourth-order valence-corrected chi connectivity index (χ4v) is 2.39. The van der Waals surface area contributed by atoms with Crippen LogP contribution >= 0.6 is 0 Å². The molecule has 5 nitrogen and oxygen atoms in total. The van der Waals surface area contributed by atoms with E-state index < -0.39 is 11.1 Å². The molecule has 0 saturated heterocycles. The number of rotatable bonds is 3. The first-order valence-corrected chi connectivity index (χ1v) is 6.92. The summed E-state index contributed by atoms with van der Waals surface area (Å²) in [5.74, 6) is 0.0378. The van der Waals surface area contributed by atoms with Crippen LogP contribution in [0.2, 0.25) is 0 Å². The Bertz CT molecular complexity index is 704. The van der Waals surface area contributed by atoms with Crippen LogP contribution in [0.3, 0.4) is 0 Å². The van der Waals surface area contributed by atoms with Gasteiger partial charge in [0.05, 0.1) is 0 Å². The number of aromatic nitrogens is 3. The van der Waals surface area contributed by atoms with E-state index in [-0.39, 0.29) is 5.75 Å². The van der Waals surface area contributed by atoms with E-state index in [1.807, 2.05) is 18.2 Å². The lowest BCUT2D eigenvalue weighted by atomic mass is 10.1. The summed E-state index contributed by atoms with van der Waals surface area (Å²) in [5.41, 5.74) is 4.20. The van der Waals surface area contributed by atoms with Crippen molar-refractivity contribution in [1.82, 2.24) is 15.0 Å². The van der Waals surface area contributed by atoms with Crippen molar-refractivity contribution in [1.29, 1.82) is 0 Å². The zero-order chi connectivity index (χ0) is 13.2. The Kier molecular flexibility index (Phi) is 3.10. The van der Waals surface area contributed by atoms with E-state index in [9.17, 15) is 8.76 Å². The number of benzene rings is 1. The Morgan fingerprint density at radius 1 is 1.16 bits per heavy atom. The smallest absolute Gasteiger partial charge is 0.156 e. The predicted octanol–water partition coefficient (Wildman–Crippen LogP) is 2.00. The lowest BCUT2D eigenvalue weighted by molar-refractivity contribution is 0.536. The molecule has 0 amide bonds. The molecule has 0 radical (unpaired) electrons. The normalized spacial score (nSPS) is 12.7. The molecule has 0 saturated carbocycles. The Morgan fingerprint density at radius 3 is 2.58 bits per heavy atom. The zero-order valence-corrected chi connectivity index (χ0v) is 10.7. The van der Waals surface area contributed by atoms with Gasteiger partial charge in [0, 0.05) is 23.8 Å². The quantitative estimate of drug-likeness (QED) is 0.739. The Morgan fingerprint density at radius 2 is 1.89 bits per heavy atom. The second-order valence-electron chi connectivity index (χ2n) is 4.12. The first kappa shape index (κ1) is 12.0. The Balaban J connectivity index is 1.95. The van der Waals surface area contributed by atoms with Gasteiger partial charge in [-0.25, -0.2) is 4.98 Å². The average Bonchev–Trinajstić information content (AvgIpc) is 2.82. The highest BCUT2D eigenvalue weighted by Gasteiger charge is 2.04. The number of nitrogens with one attached hydrogen (secondary N) is 1. The van der Waals surface area contributed by atoms with Crippen molar-refractivity contribution in [3.8, 4) is 11.3 Å². The van der Waals surface area contributed by atoms with Crippen LogP contribution in [0.5, 0.6) is 0 Å². The highest BCUT2D eigenvalue weighted by atomic mass is 32.2. The van der Waals surface area contributed by atoms with Crippen LogP contribution in [0.25, 0.3) is 22.4 Å². The summed E-state index contributed by atoms with van der Waals surface area (Å²) in [6, 6.07) is 9.29. The molecule has 6 heteroatoms. The number of nitrogens with zero attached hydrogens (tertiary/aromatic N) is 2. The second-order valence-corrected chi connectivity index (χ2v) is 5.01. The molecular weight excluding hydrogens is 262 g/mol. The minimum atomic E-state index is -2.06. The van der Waals surface area contributed by atoms with Crippen molar-refractivity contribution in [3.63, 3.8) is 0 Å². The Labute approximate surface area is 112 Å². The molecule has 0 bridgehead atoms. The van der Waals surface area contributed by atoms with Gasteiger partial charge in [-0.05, 0) is 17.2 Å². The molecule has 19 heavy (non-hydrogen) atoms. The SMILES string of the molecule is O=S([O-])Cc1ccc(-c2cc3nccnc3[nH]2)cc1. The highest BCUT2D eigenvalue weighted by molar-refractivity contribution is 7.78. The van der Waals surface area contributed by atoms with Crippen LogP contribution in [0.4, 0.5) is 0 Å². The molecule has 0 aliphatic heterocycles. The summed E-state index contributed by atoms with van der Waals surface area (Å²) >= 11 is -2.06. The molecule has 1 atom stereocenters. The molecule has 1 unspecified atom stereocenters. The van der Waals surface area contributed by atoms with Gasteiger partial charge in [0.15, 0.2) is 5.65 Å². The minimum absolute atomic E-state index is 0.0378.